The van der Waals surface area contributed by atoms with E-state index in [1.165, 1.54) is 0 Å². The van der Waals surface area contributed by atoms with Gasteiger partial charge in [0.2, 0.25) is 12.4 Å². The molecule has 0 spiro atoms. The Kier molecular flexibility index (Phi) is 5.44. The van der Waals surface area contributed by atoms with Crippen LogP contribution >= 0.6 is 11.6 Å². The molecule has 1 atom stereocenters. The molecular formula is C22H20ClN5O. The Morgan fingerprint density at radius 2 is 2.00 bits per heavy atom. The van der Waals surface area contributed by atoms with Crippen LogP contribution < -0.4 is 15.6 Å². The first-order valence-corrected chi connectivity index (χ1v) is 9.63. The van der Waals surface area contributed by atoms with Gasteiger partial charge in [-0.15, -0.1) is 5.10 Å². The molecule has 3 aromatic rings. The van der Waals surface area contributed by atoms with Gasteiger partial charge in [-0.2, -0.15) is 0 Å². The van der Waals surface area contributed by atoms with Crippen LogP contribution in [0.5, 0.6) is 0 Å². The maximum atomic E-state index is 10.9. The molecule has 4 rings (SSSR count). The van der Waals surface area contributed by atoms with Gasteiger partial charge in [-0.3, -0.25) is 10.1 Å². The maximum Gasteiger partial charge on any atom is 0.222 e. The van der Waals surface area contributed by atoms with Crippen molar-refractivity contribution in [2.75, 3.05) is 5.01 Å². The minimum atomic E-state index is -0.172. The van der Waals surface area contributed by atoms with Gasteiger partial charge in [0.05, 0.1) is 0 Å². The number of pyridine rings is 1. The van der Waals surface area contributed by atoms with E-state index in [0.29, 0.717) is 29.6 Å². The van der Waals surface area contributed by atoms with Crippen LogP contribution in [0.3, 0.4) is 0 Å². The number of aromatic nitrogens is 1. The summed E-state index contributed by atoms with van der Waals surface area (Å²) in [6.45, 7) is 2.03. The smallest absolute Gasteiger partial charge is 0.222 e. The van der Waals surface area contributed by atoms with Crippen LogP contribution in [0.1, 0.15) is 11.1 Å². The number of anilines is 1. The van der Waals surface area contributed by atoms with Crippen molar-refractivity contribution >= 4 is 29.8 Å². The lowest BCUT2D eigenvalue weighted by Crippen LogP contribution is -2.43. The van der Waals surface area contributed by atoms with Crippen LogP contribution in [0, 0.1) is 6.92 Å². The number of nitrogens with zero attached hydrogens (tertiary/aromatic N) is 3. The number of aryl methyl sites for hydroxylation is 1. The molecule has 7 heteroatoms. The summed E-state index contributed by atoms with van der Waals surface area (Å²) < 4.78 is 0. The number of hydrogen-bond donors (Lipinski definition) is 2. The number of halogens is 1. The minimum absolute atomic E-state index is 0.172. The summed E-state index contributed by atoms with van der Waals surface area (Å²) in [5.74, 6) is 1.09. The van der Waals surface area contributed by atoms with Crippen molar-refractivity contribution in [2.24, 2.45) is 5.10 Å². The third-order valence-corrected chi connectivity index (χ3v) is 4.99. The molecule has 2 heterocycles. The predicted molar refractivity (Wildman–Crippen MR) is 116 cm³/mol. The molecule has 6 nitrogen and oxygen atoms in total. The van der Waals surface area contributed by atoms with Gasteiger partial charge in [0.1, 0.15) is 6.17 Å². The monoisotopic (exact) mass is 405 g/mol. The molecule has 0 radical (unpaired) electrons. The third-order valence-electron chi connectivity index (χ3n) is 4.75. The quantitative estimate of drug-likeness (QED) is 0.635. The van der Waals surface area contributed by atoms with Crippen molar-refractivity contribution in [1.29, 1.82) is 0 Å². The van der Waals surface area contributed by atoms with Crippen LogP contribution in [0.4, 0.5) is 5.82 Å². The van der Waals surface area contributed by atoms with Gasteiger partial charge < -0.3 is 5.32 Å². The Hall–Kier alpha value is -3.38. The summed E-state index contributed by atoms with van der Waals surface area (Å²) in [4.78, 5) is 15.4. The summed E-state index contributed by atoms with van der Waals surface area (Å²) in [6.07, 6.45) is 2.89. The predicted octanol–water partition coefficient (Wildman–Crippen LogP) is 3.71. The standard InChI is InChI=1S/C22H20ClN5O/c1-15-11-18(23)7-8-19(15)17-9-10-24-20(13-17)28-21(26-22(27-28)25-14-29)12-16-5-3-2-4-6-16/h2-11,13-14,21H,12H2,1H3,(H2,25,26,27,29). The maximum absolute atomic E-state index is 10.9. The number of hydrogen-bond acceptors (Lipinski definition) is 5. The Labute approximate surface area is 174 Å². The Morgan fingerprint density at radius 3 is 2.76 bits per heavy atom. The average Bonchev–Trinajstić information content (AvgIpc) is 3.11. The molecule has 1 aliphatic rings. The van der Waals surface area contributed by atoms with E-state index in [1.54, 1.807) is 11.2 Å². The Morgan fingerprint density at radius 1 is 1.17 bits per heavy atom. The molecule has 1 aromatic heterocycles. The summed E-state index contributed by atoms with van der Waals surface area (Å²) in [5, 5.41) is 12.9. The molecule has 1 aliphatic heterocycles. The average molecular weight is 406 g/mol. The van der Waals surface area contributed by atoms with E-state index in [1.807, 2.05) is 55.5 Å². The second-order valence-electron chi connectivity index (χ2n) is 6.77. The molecule has 0 aliphatic carbocycles. The zero-order valence-corrected chi connectivity index (χ0v) is 16.6. The number of rotatable bonds is 5. The normalized spacial score (nSPS) is 15.6. The first-order chi connectivity index (χ1) is 14.1. The fourth-order valence-electron chi connectivity index (χ4n) is 3.40. The molecule has 0 bridgehead atoms. The molecule has 0 saturated carbocycles. The molecule has 146 valence electrons. The van der Waals surface area contributed by atoms with Gasteiger partial charge in [-0.05, 0) is 53.4 Å². The van der Waals surface area contributed by atoms with Gasteiger partial charge in [-0.25, -0.2) is 9.99 Å². The molecule has 29 heavy (non-hydrogen) atoms. The van der Waals surface area contributed by atoms with Crippen LogP contribution in [-0.2, 0) is 11.2 Å². The van der Waals surface area contributed by atoms with Crippen molar-refractivity contribution in [3.8, 4) is 11.1 Å². The zero-order chi connectivity index (χ0) is 20.2. The van der Waals surface area contributed by atoms with E-state index in [4.69, 9.17) is 11.6 Å². The topological polar surface area (TPSA) is 69.6 Å². The van der Waals surface area contributed by atoms with Crippen LogP contribution in [0.25, 0.3) is 11.1 Å². The van der Waals surface area contributed by atoms with E-state index in [-0.39, 0.29) is 6.17 Å². The van der Waals surface area contributed by atoms with Gasteiger partial charge in [-0.1, -0.05) is 48.0 Å². The number of carbonyl (C=O) groups is 1. The molecule has 2 aromatic carbocycles. The lowest BCUT2D eigenvalue weighted by atomic mass is 10.0. The SMILES string of the molecule is Cc1cc(Cl)ccc1-c1ccnc(N2N=C(NC=O)NC2Cc2ccccc2)c1. The second kappa shape index (κ2) is 8.32. The van der Waals surface area contributed by atoms with Crippen LogP contribution in [0.15, 0.2) is 72.0 Å². The highest BCUT2D eigenvalue weighted by molar-refractivity contribution is 6.30. The van der Waals surface area contributed by atoms with Gasteiger partial charge >= 0.3 is 0 Å². The van der Waals surface area contributed by atoms with Crippen LogP contribution in [-0.4, -0.2) is 23.5 Å². The second-order valence-corrected chi connectivity index (χ2v) is 7.20. The lowest BCUT2D eigenvalue weighted by molar-refractivity contribution is -0.108. The Bertz CT molecular complexity index is 1050. The highest BCUT2D eigenvalue weighted by Crippen LogP contribution is 2.29. The molecule has 1 amide bonds. The molecular weight excluding hydrogens is 386 g/mol. The minimum Gasteiger partial charge on any atom is -0.332 e. The zero-order valence-electron chi connectivity index (χ0n) is 15.8. The van der Waals surface area contributed by atoms with Gasteiger partial charge in [0.25, 0.3) is 0 Å². The highest BCUT2D eigenvalue weighted by atomic mass is 35.5. The van der Waals surface area contributed by atoms with Crippen molar-refractivity contribution < 1.29 is 4.79 Å². The summed E-state index contributed by atoms with van der Waals surface area (Å²) in [5.41, 5.74) is 4.35. The summed E-state index contributed by atoms with van der Waals surface area (Å²) >= 11 is 6.10. The third kappa shape index (κ3) is 4.22. The van der Waals surface area contributed by atoms with Crippen molar-refractivity contribution in [3.63, 3.8) is 0 Å². The van der Waals surface area contributed by atoms with Crippen molar-refractivity contribution in [1.82, 2.24) is 15.6 Å². The molecule has 2 N–H and O–H groups in total. The van der Waals surface area contributed by atoms with E-state index in [0.717, 1.165) is 22.3 Å². The van der Waals surface area contributed by atoms with E-state index in [9.17, 15) is 4.79 Å². The number of amides is 1. The molecule has 0 saturated heterocycles. The molecule has 1 unspecified atom stereocenters. The van der Waals surface area contributed by atoms with E-state index < -0.39 is 0 Å². The summed E-state index contributed by atoms with van der Waals surface area (Å²) in [7, 11) is 0. The van der Waals surface area contributed by atoms with Crippen molar-refractivity contribution in [2.45, 2.75) is 19.5 Å². The number of guanidine groups is 1. The number of hydrazone groups is 1. The van der Waals surface area contributed by atoms with E-state index in [2.05, 4.69) is 32.9 Å². The van der Waals surface area contributed by atoms with Crippen molar-refractivity contribution in [3.05, 3.63) is 83.0 Å². The summed E-state index contributed by atoms with van der Waals surface area (Å²) in [6, 6.07) is 19.9. The number of carbonyl (C=O) groups excluding carboxylic acids is 1. The lowest BCUT2D eigenvalue weighted by Gasteiger charge is -2.23. The van der Waals surface area contributed by atoms with Gasteiger partial charge in [0.15, 0.2) is 5.82 Å². The Balaban J connectivity index is 1.67. The fraction of sp³-hybridized carbons (Fsp3) is 0.136. The largest absolute Gasteiger partial charge is 0.332 e. The first-order valence-electron chi connectivity index (χ1n) is 9.25. The van der Waals surface area contributed by atoms with Gasteiger partial charge in [0, 0.05) is 17.6 Å². The fourth-order valence-corrected chi connectivity index (χ4v) is 3.63. The first kappa shape index (κ1) is 19.0. The number of benzene rings is 2. The van der Waals surface area contributed by atoms with E-state index >= 15 is 0 Å². The molecule has 0 fully saturated rings. The highest BCUT2D eigenvalue weighted by Gasteiger charge is 2.28. The van der Waals surface area contributed by atoms with Crippen LogP contribution in [0.2, 0.25) is 5.02 Å². The number of nitrogens with one attached hydrogen (secondary N) is 2.